The Morgan fingerprint density at radius 2 is 1.61 bits per heavy atom. The van der Waals surface area contributed by atoms with E-state index in [-0.39, 0.29) is 5.69 Å². The standard InChI is InChI=1S/C25H23F2N3O2S/c1-17(2)16-30(20-7-4-3-5-8-20)25-12-11-22-23(28-25)9-6-10-24(22)29-33(31,32)21-14-18(26)13-19(27)15-21/h3-15,17,29H,16H2,1-2H3. The number of rotatable bonds is 7. The van der Waals surface area contributed by atoms with Gasteiger partial charge in [-0.25, -0.2) is 22.2 Å². The van der Waals surface area contributed by atoms with Crippen LogP contribution in [0.5, 0.6) is 0 Å². The van der Waals surface area contributed by atoms with E-state index in [4.69, 9.17) is 4.98 Å². The van der Waals surface area contributed by atoms with Gasteiger partial charge in [-0.15, -0.1) is 0 Å². The van der Waals surface area contributed by atoms with Gasteiger partial charge in [-0.3, -0.25) is 4.72 Å². The van der Waals surface area contributed by atoms with Gasteiger partial charge in [0, 0.05) is 23.7 Å². The van der Waals surface area contributed by atoms with E-state index >= 15 is 0 Å². The molecular formula is C25H23F2N3O2S. The number of hydrogen-bond acceptors (Lipinski definition) is 4. The summed E-state index contributed by atoms with van der Waals surface area (Å²) in [6.07, 6.45) is 0. The normalized spacial score (nSPS) is 11.7. The van der Waals surface area contributed by atoms with Crippen molar-refractivity contribution in [1.82, 2.24) is 4.98 Å². The van der Waals surface area contributed by atoms with Gasteiger partial charge in [-0.05, 0) is 54.4 Å². The first-order valence-electron chi connectivity index (χ1n) is 10.4. The van der Waals surface area contributed by atoms with Crippen LogP contribution >= 0.6 is 0 Å². The second kappa shape index (κ2) is 9.15. The minimum atomic E-state index is -4.20. The molecule has 8 heteroatoms. The van der Waals surface area contributed by atoms with Crippen LogP contribution < -0.4 is 9.62 Å². The number of hydrogen-bond donors (Lipinski definition) is 1. The van der Waals surface area contributed by atoms with Gasteiger partial charge in [-0.1, -0.05) is 38.1 Å². The van der Waals surface area contributed by atoms with E-state index in [2.05, 4.69) is 23.5 Å². The molecule has 1 aromatic heterocycles. The van der Waals surface area contributed by atoms with Crippen molar-refractivity contribution in [2.75, 3.05) is 16.2 Å². The smallest absolute Gasteiger partial charge is 0.262 e. The van der Waals surface area contributed by atoms with Crippen molar-refractivity contribution in [2.45, 2.75) is 18.7 Å². The molecule has 0 saturated carbocycles. The summed E-state index contributed by atoms with van der Waals surface area (Å²) in [4.78, 5) is 6.38. The average molecular weight is 468 g/mol. The van der Waals surface area contributed by atoms with Crippen LogP contribution in [0, 0.1) is 17.6 Å². The number of benzene rings is 3. The highest BCUT2D eigenvalue weighted by Gasteiger charge is 2.19. The zero-order valence-corrected chi connectivity index (χ0v) is 19.0. The summed E-state index contributed by atoms with van der Waals surface area (Å²) < 4.78 is 55.1. The predicted molar refractivity (Wildman–Crippen MR) is 127 cm³/mol. The van der Waals surface area contributed by atoms with Crippen LogP contribution in [0.25, 0.3) is 10.9 Å². The van der Waals surface area contributed by atoms with Gasteiger partial charge >= 0.3 is 0 Å². The molecule has 0 unspecified atom stereocenters. The Bertz CT molecular complexity index is 1370. The molecule has 33 heavy (non-hydrogen) atoms. The molecule has 0 spiro atoms. The fourth-order valence-electron chi connectivity index (χ4n) is 3.58. The number of nitrogens with one attached hydrogen (secondary N) is 1. The molecular weight excluding hydrogens is 444 g/mol. The van der Waals surface area contributed by atoms with Crippen molar-refractivity contribution in [3.8, 4) is 0 Å². The summed E-state index contributed by atoms with van der Waals surface area (Å²) in [5.41, 5.74) is 1.86. The average Bonchev–Trinajstić information content (AvgIpc) is 2.77. The lowest BCUT2D eigenvalue weighted by Crippen LogP contribution is -2.23. The first-order valence-corrected chi connectivity index (χ1v) is 11.9. The number of halogens is 2. The highest BCUT2D eigenvalue weighted by atomic mass is 32.2. The fourth-order valence-corrected chi connectivity index (χ4v) is 4.70. The van der Waals surface area contributed by atoms with Crippen molar-refractivity contribution in [2.24, 2.45) is 5.92 Å². The third kappa shape index (κ3) is 5.12. The minimum Gasteiger partial charge on any atom is -0.326 e. The van der Waals surface area contributed by atoms with Crippen LogP contribution in [0.1, 0.15) is 13.8 Å². The van der Waals surface area contributed by atoms with Crippen molar-refractivity contribution < 1.29 is 17.2 Å². The van der Waals surface area contributed by atoms with Crippen LogP contribution in [0.3, 0.4) is 0 Å². The third-order valence-corrected chi connectivity index (χ3v) is 6.34. The number of sulfonamides is 1. The molecule has 170 valence electrons. The van der Waals surface area contributed by atoms with E-state index < -0.39 is 26.6 Å². The topological polar surface area (TPSA) is 62.3 Å². The summed E-state index contributed by atoms with van der Waals surface area (Å²) in [5.74, 6) is -0.821. The second-order valence-corrected chi connectivity index (χ2v) is 9.77. The van der Waals surface area contributed by atoms with Gasteiger partial charge in [0.2, 0.25) is 0 Å². The van der Waals surface area contributed by atoms with Gasteiger partial charge in [0.25, 0.3) is 10.0 Å². The van der Waals surface area contributed by atoms with Crippen LogP contribution in [-0.4, -0.2) is 19.9 Å². The van der Waals surface area contributed by atoms with Gasteiger partial charge in [0.15, 0.2) is 0 Å². The summed E-state index contributed by atoms with van der Waals surface area (Å²) >= 11 is 0. The molecule has 5 nitrogen and oxygen atoms in total. The Morgan fingerprint density at radius 3 is 2.27 bits per heavy atom. The van der Waals surface area contributed by atoms with Crippen LogP contribution in [0.15, 0.2) is 83.8 Å². The molecule has 1 heterocycles. The minimum absolute atomic E-state index is 0.270. The van der Waals surface area contributed by atoms with Crippen molar-refractivity contribution in [1.29, 1.82) is 0 Å². The van der Waals surface area contributed by atoms with E-state index in [0.29, 0.717) is 22.9 Å². The summed E-state index contributed by atoms with van der Waals surface area (Å²) in [7, 11) is -4.20. The molecule has 0 fully saturated rings. The maximum Gasteiger partial charge on any atom is 0.262 e. The third-order valence-electron chi connectivity index (χ3n) is 5.00. The zero-order valence-electron chi connectivity index (χ0n) is 18.2. The van der Waals surface area contributed by atoms with E-state index in [1.165, 1.54) is 0 Å². The molecule has 3 aromatic carbocycles. The zero-order chi connectivity index (χ0) is 23.6. The number of pyridine rings is 1. The molecule has 0 radical (unpaired) electrons. The maximum absolute atomic E-state index is 13.6. The summed E-state index contributed by atoms with van der Waals surface area (Å²) in [6.45, 7) is 5.00. The number of nitrogens with zero attached hydrogens (tertiary/aromatic N) is 2. The monoisotopic (exact) mass is 467 g/mol. The van der Waals surface area contributed by atoms with E-state index in [9.17, 15) is 17.2 Å². The first kappa shape index (κ1) is 22.7. The lowest BCUT2D eigenvalue weighted by Gasteiger charge is -2.26. The van der Waals surface area contributed by atoms with Crippen LogP contribution in [0.4, 0.5) is 26.0 Å². The molecule has 0 aliphatic heterocycles. The molecule has 4 rings (SSSR count). The van der Waals surface area contributed by atoms with E-state index in [0.717, 1.165) is 30.2 Å². The lowest BCUT2D eigenvalue weighted by atomic mass is 10.1. The van der Waals surface area contributed by atoms with Crippen molar-refractivity contribution in [3.63, 3.8) is 0 Å². The van der Waals surface area contributed by atoms with Crippen LogP contribution in [-0.2, 0) is 10.0 Å². The fraction of sp³-hybridized carbons (Fsp3) is 0.160. The van der Waals surface area contributed by atoms with Gasteiger partial charge in [0.1, 0.15) is 17.5 Å². The lowest BCUT2D eigenvalue weighted by molar-refractivity contribution is 0.568. The SMILES string of the molecule is CC(C)CN(c1ccccc1)c1ccc2c(NS(=O)(=O)c3cc(F)cc(F)c3)cccc2n1. The number of fused-ring (bicyclic) bond motifs is 1. The quantitative estimate of drug-likeness (QED) is 0.356. The van der Waals surface area contributed by atoms with E-state index in [1.54, 1.807) is 24.3 Å². The number of para-hydroxylation sites is 1. The molecule has 1 N–H and O–H groups in total. The molecule has 0 aliphatic rings. The Labute approximate surface area is 191 Å². The Hall–Kier alpha value is -3.52. The van der Waals surface area contributed by atoms with Gasteiger partial charge in [0.05, 0.1) is 16.1 Å². The summed E-state index contributed by atoms with van der Waals surface area (Å²) in [5, 5.41) is 0.569. The highest BCUT2D eigenvalue weighted by Crippen LogP contribution is 2.30. The van der Waals surface area contributed by atoms with Gasteiger partial charge in [-0.2, -0.15) is 0 Å². The Kier molecular flexibility index (Phi) is 6.29. The molecule has 4 aromatic rings. The maximum atomic E-state index is 13.6. The first-order chi connectivity index (χ1) is 15.7. The molecule has 0 aliphatic carbocycles. The highest BCUT2D eigenvalue weighted by molar-refractivity contribution is 7.92. The Morgan fingerprint density at radius 1 is 0.909 bits per heavy atom. The second-order valence-electron chi connectivity index (χ2n) is 8.09. The predicted octanol–water partition coefficient (Wildman–Crippen LogP) is 6.11. The molecule has 0 saturated heterocycles. The van der Waals surface area contributed by atoms with Crippen molar-refractivity contribution >= 4 is 38.1 Å². The van der Waals surface area contributed by atoms with E-state index in [1.807, 2.05) is 36.4 Å². The number of aromatic nitrogens is 1. The molecule has 0 amide bonds. The van der Waals surface area contributed by atoms with Crippen molar-refractivity contribution in [3.05, 3.63) is 90.5 Å². The largest absolute Gasteiger partial charge is 0.326 e. The van der Waals surface area contributed by atoms with Crippen LogP contribution in [0.2, 0.25) is 0 Å². The number of anilines is 3. The Balaban J connectivity index is 1.73. The summed E-state index contributed by atoms with van der Waals surface area (Å²) in [6, 6.07) is 20.7. The van der Waals surface area contributed by atoms with Gasteiger partial charge < -0.3 is 4.90 Å². The molecule has 0 atom stereocenters. The molecule has 0 bridgehead atoms.